The van der Waals surface area contributed by atoms with Gasteiger partial charge in [0.2, 0.25) is 5.91 Å². The van der Waals surface area contributed by atoms with Gasteiger partial charge in [0.15, 0.2) is 0 Å². The van der Waals surface area contributed by atoms with Gasteiger partial charge < -0.3 is 15.6 Å². The van der Waals surface area contributed by atoms with Crippen molar-refractivity contribution in [2.75, 3.05) is 11.1 Å². The minimum Gasteiger partial charge on any atom is -0.397 e. The molecule has 0 spiro atoms. The Morgan fingerprint density at radius 2 is 2.14 bits per heavy atom. The summed E-state index contributed by atoms with van der Waals surface area (Å²) in [7, 11) is 0. The molecule has 3 aromatic rings. The number of nitrogens with zero attached hydrogens (tertiary/aromatic N) is 2. The van der Waals surface area contributed by atoms with Gasteiger partial charge in [-0.1, -0.05) is 18.2 Å². The largest absolute Gasteiger partial charge is 0.397 e. The molecule has 0 saturated carbocycles. The Bertz CT molecular complexity index is 749. The number of aromatic nitrogens is 2. The molecule has 0 saturated heterocycles. The van der Waals surface area contributed by atoms with Gasteiger partial charge in [0.25, 0.3) is 0 Å². The molecule has 1 aromatic carbocycles. The molecule has 1 amide bonds. The molecule has 0 fully saturated rings. The van der Waals surface area contributed by atoms with Crippen molar-refractivity contribution in [3.63, 3.8) is 0 Å². The van der Waals surface area contributed by atoms with E-state index in [1.165, 1.54) is 0 Å². The highest BCUT2D eigenvalue weighted by molar-refractivity contribution is 7.13. The van der Waals surface area contributed by atoms with Crippen LogP contribution in [0.2, 0.25) is 0 Å². The van der Waals surface area contributed by atoms with Crippen molar-refractivity contribution in [3.8, 4) is 10.7 Å². The van der Waals surface area contributed by atoms with E-state index in [2.05, 4.69) is 10.3 Å². The zero-order chi connectivity index (χ0) is 14.7. The summed E-state index contributed by atoms with van der Waals surface area (Å²) in [6, 6.07) is 11.1. The third-order valence-electron chi connectivity index (χ3n) is 3.01. The van der Waals surface area contributed by atoms with Gasteiger partial charge in [-0.25, -0.2) is 4.98 Å². The third kappa shape index (κ3) is 2.95. The lowest BCUT2D eigenvalue weighted by Gasteiger charge is -2.09. The van der Waals surface area contributed by atoms with Crippen LogP contribution in [0.5, 0.6) is 0 Å². The lowest BCUT2D eigenvalue weighted by Crippen LogP contribution is -2.19. The molecule has 3 rings (SSSR count). The fourth-order valence-electron chi connectivity index (χ4n) is 2.02. The molecular weight excluding hydrogens is 284 g/mol. The average molecular weight is 298 g/mol. The van der Waals surface area contributed by atoms with Crippen LogP contribution in [0.1, 0.15) is 0 Å². The van der Waals surface area contributed by atoms with Crippen LogP contribution in [0.4, 0.5) is 11.4 Å². The number of carbonyl (C=O) groups is 1. The van der Waals surface area contributed by atoms with Crippen molar-refractivity contribution >= 4 is 28.6 Å². The van der Waals surface area contributed by atoms with E-state index in [1.807, 2.05) is 34.2 Å². The molecule has 0 unspecified atom stereocenters. The maximum absolute atomic E-state index is 12.1. The molecule has 0 bridgehead atoms. The van der Waals surface area contributed by atoms with E-state index in [0.29, 0.717) is 11.4 Å². The number of carbonyl (C=O) groups excluding carboxylic acids is 1. The number of benzene rings is 1. The number of anilines is 2. The summed E-state index contributed by atoms with van der Waals surface area (Å²) in [5.74, 6) is 0.657. The van der Waals surface area contributed by atoms with Gasteiger partial charge in [-0.2, -0.15) is 0 Å². The Hall–Kier alpha value is -2.60. The second-order valence-electron chi connectivity index (χ2n) is 4.49. The Morgan fingerprint density at radius 3 is 2.90 bits per heavy atom. The molecule has 6 heteroatoms. The van der Waals surface area contributed by atoms with E-state index in [4.69, 9.17) is 5.73 Å². The van der Waals surface area contributed by atoms with Gasteiger partial charge >= 0.3 is 0 Å². The predicted octanol–water partition coefficient (Wildman–Crippen LogP) is 2.83. The predicted molar refractivity (Wildman–Crippen MR) is 85.0 cm³/mol. The van der Waals surface area contributed by atoms with Gasteiger partial charge in [0, 0.05) is 12.4 Å². The standard InChI is InChI=1S/C15H14N4OS/c16-11-4-1-2-5-12(11)18-14(20)10-19-8-7-17-15(19)13-6-3-9-21-13/h1-9H,10,16H2,(H,18,20). The maximum atomic E-state index is 12.1. The molecule has 3 N–H and O–H groups in total. The van der Waals surface area contributed by atoms with E-state index in [-0.39, 0.29) is 12.5 Å². The highest BCUT2D eigenvalue weighted by Gasteiger charge is 2.11. The number of rotatable bonds is 4. The van der Waals surface area contributed by atoms with Crippen molar-refractivity contribution < 1.29 is 4.79 Å². The van der Waals surface area contributed by atoms with Gasteiger partial charge in [-0.3, -0.25) is 4.79 Å². The Balaban J connectivity index is 1.74. The van der Waals surface area contributed by atoms with E-state index in [1.54, 1.807) is 35.9 Å². The zero-order valence-corrected chi connectivity index (χ0v) is 12.0. The molecule has 0 atom stereocenters. The van der Waals surface area contributed by atoms with Crippen molar-refractivity contribution in [2.24, 2.45) is 0 Å². The van der Waals surface area contributed by atoms with Crippen LogP contribution in [0.3, 0.4) is 0 Å². The number of nitrogens with two attached hydrogens (primary N) is 1. The lowest BCUT2D eigenvalue weighted by atomic mass is 10.2. The first kappa shape index (κ1) is 13.4. The summed E-state index contributed by atoms with van der Waals surface area (Å²) < 4.78 is 1.82. The SMILES string of the molecule is Nc1ccccc1NC(=O)Cn1ccnc1-c1cccs1. The maximum Gasteiger partial charge on any atom is 0.244 e. The number of nitrogens with one attached hydrogen (secondary N) is 1. The summed E-state index contributed by atoms with van der Waals surface area (Å²) in [6.07, 6.45) is 3.49. The van der Waals surface area contributed by atoms with Crippen LogP contribution in [0.15, 0.2) is 54.2 Å². The normalized spacial score (nSPS) is 10.5. The fourth-order valence-corrected chi connectivity index (χ4v) is 2.76. The zero-order valence-electron chi connectivity index (χ0n) is 11.2. The molecule has 2 heterocycles. The van der Waals surface area contributed by atoms with Crippen LogP contribution < -0.4 is 11.1 Å². The van der Waals surface area contributed by atoms with Gasteiger partial charge in [-0.15, -0.1) is 11.3 Å². The van der Waals surface area contributed by atoms with Gasteiger partial charge in [0.1, 0.15) is 12.4 Å². The first-order valence-corrected chi connectivity index (χ1v) is 7.31. The summed E-state index contributed by atoms with van der Waals surface area (Å²) in [6.45, 7) is 0.196. The molecule has 5 nitrogen and oxygen atoms in total. The van der Waals surface area contributed by atoms with Gasteiger partial charge in [-0.05, 0) is 23.6 Å². The monoisotopic (exact) mass is 298 g/mol. The number of thiophene rings is 1. The molecular formula is C15H14N4OS. The number of para-hydroxylation sites is 2. The van der Waals surface area contributed by atoms with E-state index < -0.39 is 0 Å². The molecule has 0 radical (unpaired) electrons. The van der Waals surface area contributed by atoms with E-state index >= 15 is 0 Å². The third-order valence-corrected chi connectivity index (χ3v) is 3.87. The Kier molecular flexibility index (Phi) is 3.70. The van der Waals surface area contributed by atoms with E-state index in [0.717, 1.165) is 10.7 Å². The minimum absolute atomic E-state index is 0.135. The van der Waals surface area contributed by atoms with E-state index in [9.17, 15) is 4.79 Å². The van der Waals surface area contributed by atoms with Crippen LogP contribution in [0, 0.1) is 0 Å². The van der Waals surface area contributed by atoms with Gasteiger partial charge in [0.05, 0.1) is 16.3 Å². The number of nitrogen functional groups attached to an aromatic ring is 1. The van der Waals surface area contributed by atoms with Crippen LogP contribution >= 0.6 is 11.3 Å². The number of hydrogen-bond acceptors (Lipinski definition) is 4. The highest BCUT2D eigenvalue weighted by atomic mass is 32.1. The van der Waals surface area contributed by atoms with Crippen LogP contribution in [0.25, 0.3) is 10.7 Å². The van der Waals surface area contributed by atoms with Crippen LogP contribution in [-0.2, 0) is 11.3 Å². The Labute approximate surface area is 126 Å². The lowest BCUT2D eigenvalue weighted by molar-refractivity contribution is -0.116. The second-order valence-corrected chi connectivity index (χ2v) is 5.44. The highest BCUT2D eigenvalue weighted by Crippen LogP contribution is 2.23. The first-order valence-electron chi connectivity index (χ1n) is 6.43. The summed E-state index contributed by atoms with van der Waals surface area (Å²) in [5.41, 5.74) is 6.99. The summed E-state index contributed by atoms with van der Waals surface area (Å²) in [4.78, 5) is 17.5. The second kappa shape index (κ2) is 5.80. The number of imidazole rings is 1. The van der Waals surface area contributed by atoms with Crippen molar-refractivity contribution in [1.82, 2.24) is 9.55 Å². The molecule has 2 aromatic heterocycles. The van der Waals surface area contributed by atoms with Crippen LogP contribution in [-0.4, -0.2) is 15.5 Å². The average Bonchev–Trinajstić information content (AvgIpc) is 3.11. The molecule has 21 heavy (non-hydrogen) atoms. The van der Waals surface area contributed by atoms with Crippen molar-refractivity contribution in [1.29, 1.82) is 0 Å². The number of amides is 1. The molecule has 0 aliphatic heterocycles. The first-order chi connectivity index (χ1) is 10.2. The molecule has 106 valence electrons. The molecule has 0 aliphatic carbocycles. The number of hydrogen-bond donors (Lipinski definition) is 2. The molecule has 0 aliphatic rings. The van der Waals surface area contributed by atoms with Crippen molar-refractivity contribution in [3.05, 3.63) is 54.2 Å². The Morgan fingerprint density at radius 1 is 1.29 bits per heavy atom. The smallest absolute Gasteiger partial charge is 0.244 e. The summed E-state index contributed by atoms with van der Waals surface area (Å²) in [5, 5.41) is 4.80. The minimum atomic E-state index is -0.135. The fraction of sp³-hybridized carbons (Fsp3) is 0.0667. The quantitative estimate of drug-likeness (QED) is 0.727. The summed E-state index contributed by atoms with van der Waals surface area (Å²) >= 11 is 1.59. The van der Waals surface area contributed by atoms with Crippen molar-refractivity contribution in [2.45, 2.75) is 6.54 Å². The topological polar surface area (TPSA) is 72.9 Å².